The lowest BCUT2D eigenvalue weighted by molar-refractivity contribution is 0.416. The van der Waals surface area contributed by atoms with E-state index in [0.29, 0.717) is 6.04 Å². The monoisotopic (exact) mass is 293 g/mol. The summed E-state index contributed by atoms with van der Waals surface area (Å²) in [4.78, 5) is 4.97. The number of para-hydroxylation sites is 1. The SMILES string of the molecule is COc1ccccc1-c1nc(C2CCCN2)n2ccccc12. The molecule has 4 rings (SSSR count). The van der Waals surface area contributed by atoms with Crippen molar-refractivity contribution in [1.82, 2.24) is 14.7 Å². The largest absolute Gasteiger partial charge is 0.496 e. The second kappa shape index (κ2) is 5.46. The van der Waals surface area contributed by atoms with Crippen molar-refractivity contribution in [3.05, 3.63) is 54.5 Å². The van der Waals surface area contributed by atoms with Gasteiger partial charge in [-0.2, -0.15) is 0 Å². The Balaban J connectivity index is 1.94. The molecule has 0 bridgehead atoms. The Labute approximate surface area is 129 Å². The molecule has 22 heavy (non-hydrogen) atoms. The van der Waals surface area contributed by atoms with Crippen LogP contribution >= 0.6 is 0 Å². The number of nitrogens with one attached hydrogen (secondary N) is 1. The summed E-state index contributed by atoms with van der Waals surface area (Å²) in [5.41, 5.74) is 3.15. The fourth-order valence-corrected chi connectivity index (χ4v) is 3.25. The molecule has 1 unspecified atom stereocenters. The van der Waals surface area contributed by atoms with Crippen LogP contribution in [-0.2, 0) is 0 Å². The highest BCUT2D eigenvalue weighted by Crippen LogP contribution is 2.34. The average Bonchev–Trinajstić information content (AvgIpc) is 3.22. The summed E-state index contributed by atoms with van der Waals surface area (Å²) in [5, 5.41) is 3.54. The number of hydrogen-bond acceptors (Lipinski definition) is 3. The third-order valence-electron chi connectivity index (χ3n) is 4.31. The van der Waals surface area contributed by atoms with E-state index in [1.54, 1.807) is 7.11 Å². The van der Waals surface area contributed by atoms with Gasteiger partial charge in [-0.1, -0.05) is 18.2 Å². The van der Waals surface area contributed by atoms with Crippen molar-refractivity contribution in [1.29, 1.82) is 0 Å². The molecule has 4 heteroatoms. The summed E-state index contributed by atoms with van der Waals surface area (Å²) in [7, 11) is 1.70. The van der Waals surface area contributed by atoms with Gasteiger partial charge >= 0.3 is 0 Å². The Hall–Kier alpha value is -2.33. The Morgan fingerprint density at radius 1 is 1.18 bits per heavy atom. The maximum absolute atomic E-state index is 5.52. The maximum atomic E-state index is 5.52. The average molecular weight is 293 g/mol. The molecule has 3 aromatic rings. The molecule has 1 N–H and O–H groups in total. The lowest BCUT2D eigenvalue weighted by Gasteiger charge is -2.08. The van der Waals surface area contributed by atoms with Gasteiger partial charge in [0.15, 0.2) is 0 Å². The van der Waals surface area contributed by atoms with Gasteiger partial charge in [0.25, 0.3) is 0 Å². The van der Waals surface area contributed by atoms with E-state index in [9.17, 15) is 0 Å². The third-order valence-corrected chi connectivity index (χ3v) is 4.31. The normalized spacial score (nSPS) is 18.0. The van der Waals surface area contributed by atoms with Gasteiger partial charge < -0.3 is 14.5 Å². The highest BCUT2D eigenvalue weighted by molar-refractivity contribution is 5.81. The lowest BCUT2D eigenvalue weighted by atomic mass is 10.1. The fourth-order valence-electron chi connectivity index (χ4n) is 3.25. The molecular weight excluding hydrogens is 274 g/mol. The van der Waals surface area contributed by atoms with E-state index < -0.39 is 0 Å². The van der Waals surface area contributed by atoms with Gasteiger partial charge in [0.05, 0.1) is 18.7 Å². The van der Waals surface area contributed by atoms with Gasteiger partial charge in [-0.3, -0.25) is 0 Å². The Morgan fingerprint density at radius 2 is 2.05 bits per heavy atom. The fraction of sp³-hybridized carbons (Fsp3) is 0.278. The summed E-state index contributed by atoms with van der Waals surface area (Å²) in [6.45, 7) is 1.07. The van der Waals surface area contributed by atoms with Crippen molar-refractivity contribution in [2.24, 2.45) is 0 Å². The number of rotatable bonds is 3. The molecular formula is C18H19N3O. The quantitative estimate of drug-likeness (QED) is 0.804. The topological polar surface area (TPSA) is 38.6 Å². The van der Waals surface area contributed by atoms with Crippen LogP contribution in [0, 0.1) is 0 Å². The van der Waals surface area contributed by atoms with E-state index in [1.807, 2.05) is 18.2 Å². The zero-order valence-electron chi connectivity index (χ0n) is 12.6. The van der Waals surface area contributed by atoms with Gasteiger partial charge in [-0.25, -0.2) is 4.98 Å². The number of imidazole rings is 1. The van der Waals surface area contributed by atoms with E-state index in [0.717, 1.165) is 41.3 Å². The molecule has 0 saturated carbocycles. The minimum atomic E-state index is 0.332. The van der Waals surface area contributed by atoms with Crippen molar-refractivity contribution in [3.63, 3.8) is 0 Å². The molecule has 1 aliphatic rings. The number of fused-ring (bicyclic) bond motifs is 1. The first-order chi connectivity index (χ1) is 10.9. The zero-order valence-corrected chi connectivity index (χ0v) is 12.6. The number of ether oxygens (including phenoxy) is 1. The van der Waals surface area contributed by atoms with Crippen molar-refractivity contribution >= 4 is 5.52 Å². The molecule has 0 amide bonds. The number of pyridine rings is 1. The number of hydrogen-bond donors (Lipinski definition) is 1. The summed E-state index contributed by atoms with van der Waals surface area (Å²) >= 11 is 0. The molecule has 1 atom stereocenters. The first kappa shape index (κ1) is 13.3. The molecule has 1 fully saturated rings. The predicted octanol–water partition coefficient (Wildman–Crippen LogP) is 3.43. The van der Waals surface area contributed by atoms with Crippen LogP contribution in [0.1, 0.15) is 24.7 Å². The van der Waals surface area contributed by atoms with E-state index in [1.165, 1.54) is 6.42 Å². The van der Waals surface area contributed by atoms with Crippen LogP contribution in [0.3, 0.4) is 0 Å². The van der Waals surface area contributed by atoms with Crippen LogP contribution in [0.15, 0.2) is 48.7 Å². The minimum absolute atomic E-state index is 0.332. The molecule has 4 nitrogen and oxygen atoms in total. The number of aromatic nitrogens is 2. The van der Waals surface area contributed by atoms with Crippen molar-refractivity contribution in [2.45, 2.75) is 18.9 Å². The standard InChI is InChI=1S/C18H19N3O/c1-22-16-10-3-2-7-13(16)17-15-9-4-5-12-21(15)18(20-17)14-8-6-11-19-14/h2-5,7,9-10,12,14,19H,6,8,11H2,1H3. The van der Waals surface area contributed by atoms with Crippen LogP contribution < -0.4 is 10.1 Å². The number of methoxy groups -OCH3 is 1. The van der Waals surface area contributed by atoms with E-state index in [2.05, 4.69) is 40.2 Å². The van der Waals surface area contributed by atoms with E-state index in [4.69, 9.17) is 9.72 Å². The van der Waals surface area contributed by atoms with Gasteiger partial charge in [0, 0.05) is 11.8 Å². The molecule has 1 aliphatic heterocycles. The first-order valence-electron chi connectivity index (χ1n) is 7.72. The number of nitrogens with zero attached hydrogens (tertiary/aromatic N) is 2. The highest BCUT2D eigenvalue weighted by atomic mass is 16.5. The lowest BCUT2D eigenvalue weighted by Crippen LogP contribution is -2.15. The van der Waals surface area contributed by atoms with Crippen LogP contribution in [0.4, 0.5) is 0 Å². The second-order valence-corrected chi connectivity index (χ2v) is 5.62. The number of benzene rings is 1. The van der Waals surface area contributed by atoms with Crippen molar-refractivity contribution < 1.29 is 4.74 Å². The van der Waals surface area contributed by atoms with Gasteiger partial charge in [0.2, 0.25) is 0 Å². The minimum Gasteiger partial charge on any atom is -0.496 e. The summed E-state index contributed by atoms with van der Waals surface area (Å²) < 4.78 is 7.72. The van der Waals surface area contributed by atoms with Crippen molar-refractivity contribution in [2.75, 3.05) is 13.7 Å². The molecule has 1 aromatic carbocycles. The Kier molecular flexibility index (Phi) is 3.31. The summed E-state index contributed by atoms with van der Waals surface area (Å²) in [6.07, 6.45) is 4.44. The van der Waals surface area contributed by atoms with Crippen LogP contribution in [0.5, 0.6) is 5.75 Å². The molecule has 1 saturated heterocycles. The molecule has 0 spiro atoms. The van der Waals surface area contributed by atoms with Gasteiger partial charge in [-0.05, 0) is 43.7 Å². The molecule has 3 heterocycles. The summed E-state index contributed by atoms with van der Waals surface area (Å²) in [5.74, 6) is 1.95. The maximum Gasteiger partial charge on any atom is 0.131 e. The zero-order chi connectivity index (χ0) is 14.9. The van der Waals surface area contributed by atoms with Gasteiger partial charge in [0.1, 0.15) is 17.3 Å². The van der Waals surface area contributed by atoms with E-state index >= 15 is 0 Å². The van der Waals surface area contributed by atoms with Gasteiger partial charge in [-0.15, -0.1) is 0 Å². The highest BCUT2D eigenvalue weighted by Gasteiger charge is 2.23. The Morgan fingerprint density at radius 3 is 2.86 bits per heavy atom. The molecule has 2 aromatic heterocycles. The second-order valence-electron chi connectivity index (χ2n) is 5.62. The Bertz CT molecular complexity index is 803. The molecule has 0 radical (unpaired) electrons. The van der Waals surface area contributed by atoms with E-state index in [-0.39, 0.29) is 0 Å². The van der Waals surface area contributed by atoms with Crippen molar-refractivity contribution in [3.8, 4) is 17.0 Å². The van der Waals surface area contributed by atoms with Crippen LogP contribution in [-0.4, -0.2) is 23.0 Å². The van der Waals surface area contributed by atoms with Crippen LogP contribution in [0.2, 0.25) is 0 Å². The summed E-state index contributed by atoms with van der Waals surface area (Å²) in [6, 6.07) is 14.6. The molecule has 112 valence electrons. The third kappa shape index (κ3) is 2.07. The first-order valence-corrected chi connectivity index (χ1v) is 7.72. The predicted molar refractivity (Wildman–Crippen MR) is 87.2 cm³/mol. The van der Waals surface area contributed by atoms with Crippen LogP contribution in [0.25, 0.3) is 16.8 Å². The smallest absolute Gasteiger partial charge is 0.131 e. The molecule has 0 aliphatic carbocycles.